The molecule has 0 bridgehead atoms. The summed E-state index contributed by atoms with van der Waals surface area (Å²) in [5.74, 6) is 1.09. The zero-order chi connectivity index (χ0) is 14.8. The van der Waals surface area contributed by atoms with Crippen molar-refractivity contribution in [2.45, 2.75) is 12.6 Å². The van der Waals surface area contributed by atoms with E-state index >= 15 is 0 Å². The quantitative estimate of drug-likeness (QED) is 0.871. The molecule has 0 amide bonds. The SMILES string of the molecule is CN1CCNCC1c1noc(Cn2cc(Br)ccc2=O)n1. The highest BCUT2D eigenvalue weighted by Crippen LogP contribution is 2.17. The van der Waals surface area contributed by atoms with Crippen LogP contribution in [0.5, 0.6) is 0 Å². The molecule has 0 spiro atoms. The summed E-state index contributed by atoms with van der Waals surface area (Å²) in [6.45, 7) is 2.98. The van der Waals surface area contributed by atoms with Crippen LogP contribution in [0.15, 0.2) is 32.1 Å². The van der Waals surface area contributed by atoms with Crippen LogP contribution in [0, 0.1) is 0 Å². The van der Waals surface area contributed by atoms with Gasteiger partial charge in [-0.1, -0.05) is 5.16 Å². The van der Waals surface area contributed by atoms with Crippen molar-refractivity contribution >= 4 is 15.9 Å². The number of pyridine rings is 1. The van der Waals surface area contributed by atoms with Gasteiger partial charge in [0.05, 0.1) is 6.04 Å². The number of rotatable bonds is 3. The number of likely N-dealkylation sites (N-methyl/N-ethyl adjacent to an activating group) is 1. The first-order chi connectivity index (χ1) is 10.1. The second kappa shape index (κ2) is 6.08. The van der Waals surface area contributed by atoms with Crippen LogP contribution in [0.2, 0.25) is 0 Å². The minimum atomic E-state index is -0.102. The monoisotopic (exact) mass is 353 g/mol. The summed E-state index contributed by atoms with van der Waals surface area (Å²) in [4.78, 5) is 18.4. The minimum Gasteiger partial charge on any atom is -0.337 e. The highest BCUT2D eigenvalue weighted by atomic mass is 79.9. The first-order valence-electron chi connectivity index (χ1n) is 6.73. The lowest BCUT2D eigenvalue weighted by atomic mass is 10.2. The lowest BCUT2D eigenvalue weighted by Gasteiger charge is -2.30. The van der Waals surface area contributed by atoms with E-state index in [4.69, 9.17) is 4.52 Å². The van der Waals surface area contributed by atoms with E-state index in [0.717, 1.165) is 24.1 Å². The van der Waals surface area contributed by atoms with E-state index in [1.54, 1.807) is 12.3 Å². The van der Waals surface area contributed by atoms with Crippen LogP contribution in [0.25, 0.3) is 0 Å². The largest absolute Gasteiger partial charge is 0.337 e. The van der Waals surface area contributed by atoms with Crippen LogP contribution < -0.4 is 10.9 Å². The number of hydrogen-bond acceptors (Lipinski definition) is 6. The summed E-state index contributed by atoms with van der Waals surface area (Å²) in [7, 11) is 2.04. The molecule has 1 aliphatic heterocycles. The molecule has 1 fully saturated rings. The Hall–Kier alpha value is -1.51. The molecular formula is C13H16BrN5O2. The van der Waals surface area contributed by atoms with Gasteiger partial charge in [0, 0.05) is 36.4 Å². The Morgan fingerprint density at radius 2 is 2.38 bits per heavy atom. The molecule has 1 saturated heterocycles. The average Bonchev–Trinajstić information content (AvgIpc) is 2.92. The van der Waals surface area contributed by atoms with Crippen molar-refractivity contribution in [3.05, 3.63) is 44.9 Å². The fourth-order valence-electron chi connectivity index (χ4n) is 2.33. The topological polar surface area (TPSA) is 76.2 Å². The van der Waals surface area contributed by atoms with Gasteiger partial charge in [0.2, 0.25) is 5.89 Å². The Morgan fingerprint density at radius 3 is 3.19 bits per heavy atom. The molecule has 2 aromatic rings. The van der Waals surface area contributed by atoms with Gasteiger partial charge in [-0.2, -0.15) is 4.98 Å². The molecule has 112 valence electrons. The second-order valence-corrected chi connectivity index (χ2v) is 5.98. The first-order valence-corrected chi connectivity index (χ1v) is 7.52. The average molecular weight is 354 g/mol. The van der Waals surface area contributed by atoms with Gasteiger partial charge in [-0.05, 0) is 29.0 Å². The predicted octanol–water partition coefficient (Wildman–Crippen LogP) is 0.618. The maximum atomic E-state index is 11.8. The second-order valence-electron chi connectivity index (χ2n) is 5.06. The summed E-state index contributed by atoms with van der Waals surface area (Å²) >= 11 is 3.34. The summed E-state index contributed by atoms with van der Waals surface area (Å²) < 4.78 is 7.64. The molecule has 0 radical (unpaired) electrons. The van der Waals surface area contributed by atoms with Crippen molar-refractivity contribution in [3.63, 3.8) is 0 Å². The molecule has 3 rings (SSSR count). The van der Waals surface area contributed by atoms with Gasteiger partial charge in [-0.3, -0.25) is 9.69 Å². The Balaban J connectivity index is 1.78. The molecule has 1 aliphatic rings. The minimum absolute atomic E-state index is 0.102. The fraction of sp³-hybridized carbons (Fsp3) is 0.462. The molecule has 21 heavy (non-hydrogen) atoms. The third kappa shape index (κ3) is 3.22. The van der Waals surface area contributed by atoms with Crippen LogP contribution in [-0.4, -0.2) is 46.3 Å². The van der Waals surface area contributed by atoms with E-state index < -0.39 is 0 Å². The molecule has 0 saturated carbocycles. The zero-order valence-corrected chi connectivity index (χ0v) is 13.2. The third-order valence-corrected chi connectivity index (χ3v) is 4.01. The molecule has 8 heteroatoms. The fourth-order valence-corrected chi connectivity index (χ4v) is 2.71. The van der Waals surface area contributed by atoms with Crippen LogP contribution >= 0.6 is 15.9 Å². The molecule has 7 nitrogen and oxygen atoms in total. The van der Waals surface area contributed by atoms with Gasteiger partial charge in [0.1, 0.15) is 6.54 Å². The molecule has 0 aromatic carbocycles. The molecular weight excluding hydrogens is 338 g/mol. The van der Waals surface area contributed by atoms with Crippen LogP contribution in [0.3, 0.4) is 0 Å². The Bertz CT molecular complexity index is 683. The van der Waals surface area contributed by atoms with Crippen molar-refractivity contribution in [1.29, 1.82) is 0 Å². The highest BCUT2D eigenvalue weighted by Gasteiger charge is 2.25. The van der Waals surface area contributed by atoms with E-state index in [1.165, 1.54) is 10.6 Å². The van der Waals surface area contributed by atoms with E-state index in [-0.39, 0.29) is 18.1 Å². The highest BCUT2D eigenvalue weighted by molar-refractivity contribution is 9.10. The molecule has 1 atom stereocenters. The van der Waals surface area contributed by atoms with Crippen molar-refractivity contribution in [2.75, 3.05) is 26.7 Å². The van der Waals surface area contributed by atoms with Crippen LogP contribution in [0.4, 0.5) is 0 Å². The van der Waals surface area contributed by atoms with Gasteiger partial charge in [0.25, 0.3) is 5.56 Å². The number of piperazine rings is 1. The number of nitrogens with zero attached hydrogens (tertiary/aromatic N) is 4. The number of aromatic nitrogens is 3. The lowest BCUT2D eigenvalue weighted by Crippen LogP contribution is -2.44. The van der Waals surface area contributed by atoms with Gasteiger partial charge >= 0.3 is 0 Å². The lowest BCUT2D eigenvalue weighted by molar-refractivity contribution is 0.190. The Labute approximate surface area is 130 Å². The van der Waals surface area contributed by atoms with Crippen LogP contribution in [-0.2, 0) is 6.54 Å². The van der Waals surface area contributed by atoms with Crippen LogP contribution in [0.1, 0.15) is 17.8 Å². The molecule has 1 N–H and O–H groups in total. The van der Waals surface area contributed by atoms with Gasteiger partial charge < -0.3 is 14.4 Å². The summed E-state index contributed by atoms with van der Waals surface area (Å²) in [5, 5.41) is 7.36. The normalized spacial score (nSPS) is 19.8. The van der Waals surface area contributed by atoms with E-state index in [9.17, 15) is 4.79 Å². The van der Waals surface area contributed by atoms with Crippen molar-refractivity contribution in [3.8, 4) is 0 Å². The summed E-state index contributed by atoms with van der Waals surface area (Å²) in [6.07, 6.45) is 1.71. The maximum absolute atomic E-state index is 11.8. The number of hydrogen-bond donors (Lipinski definition) is 1. The summed E-state index contributed by atoms with van der Waals surface area (Å²) in [6, 6.07) is 3.32. The third-order valence-electron chi connectivity index (χ3n) is 3.55. The van der Waals surface area contributed by atoms with E-state index in [2.05, 4.69) is 36.3 Å². The van der Waals surface area contributed by atoms with Crippen molar-refractivity contribution < 1.29 is 4.52 Å². The van der Waals surface area contributed by atoms with Gasteiger partial charge in [0.15, 0.2) is 5.82 Å². The molecule has 0 aliphatic carbocycles. The van der Waals surface area contributed by atoms with Crippen molar-refractivity contribution in [1.82, 2.24) is 24.9 Å². The van der Waals surface area contributed by atoms with E-state index in [1.807, 2.05) is 7.05 Å². The van der Waals surface area contributed by atoms with Crippen molar-refractivity contribution in [2.24, 2.45) is 0 Å². The smallest absolute Gasteiger partial charge is 0.251 e. The Morgan fingerprint density at radius 1 is 1.52 bits per heavy atom. The molecule has 2 aromatic heterocycles. The van der Waals surface area contributed by atoms with Gasteiger partial charge in [-0.15, -0.1) is 0 Å². The molecule has 3 heterocycles. The maximum Gasteiger partial charge on any atom is 0.251 e. The first kappa shape index (κ1) is 14.4. The Kier molecular flexibility index (Phi) is 4.18. The zero-order valence-electron chi connectivity index (χ0n) is 11.6. The number of nitrogens with one attached hydrogen (secondary N) is 1. The van der Waals surface area contributed by atoms with E-state index in [0.29, 0.717) is 11.7 Å². The van der Waals surface area contributed by atoms with Gasteiger partial charge in [-0.25, -0.2) is 0 Å². The standard InChI is InChI=1S/C13H16BrN5O2/c1-18-5-4-15-6-10(18)13-16-11(21-17-13)8-19-7-9(14)2-3-12(19)20/h2-3,7,10,15H,4-6,8H2,1H3. The number of halogens is 1. The molecule has 1 unspecified atom stereocenters. The summed E-state index contributed by atoms with van der Waals surface area (Å²) in [5.41, 5.74) is -0.102. The predicted molar refractivity (Wildman–Crippen MR) is 80.0 cm³/mol.